The Hall–Kier alpha value is -2.58. The lowest BCUT2D eigenvalue weighted by Crippen LogP contribution is -2.32. The molecule has 8 heteroatoms. The van der Waals surface area contributed by atoms with E-state index >= 15 is 0 Å². The molecule has 1 N–H and O–H groups in total. The third kappa shape index (κ3) is 5.48. The molecule has 0 atom stereocenters. The van der Waals surface area contributed by atoms with Gasteiger partial charge in [0.25, 0.3) is 5.91 Å². The Bertz CT molecular complexity index is 921. The van der Waals surface area contributed by atoms with Crippen molar-refractivity contribution in [1.82, 2.24) is 4.72 Å². The zero-order chi connectivity index (χ0) is 20.9. The molecular formula is C21H26N2O5S. The van der Waals surface area contributed by atoms with E-state index in [1.807, 2.05) is 0 Å². The SMILES string of the molecule is COc1ccc(N(C)C(=O)COc2ccc(S(=O)(=O)NC3CCCC3)cc2)cc1. The Labute approximate surface area is 171 Å². The van der Waals surface area contributed by atoms with Crippen LogP contribution < -0.4 is 19.1 Å². The smallest absolute Gasteiger partial charge is 0.264 e. The van der Waals surface area contributed by atoms with Gasteiger partial charge in [0.05, 0.1) is 12.0 Å². The third-order valence-corrected chi connectivity index (χ3v) is 6.54. The highest BCUT2D eigenvalue weighted by molar-refractivity contribution is 7.89. The van der Waals surface area contributed by atoms with Crippen molar-refractivity contribution < 1.29 is 22.7 Å². The molecule has 1 amide bonds. The number of benzene rings is 2. The number of nitrogens with zero attached hydrogens (tertiary/aromatic N) is 1. The summed E-state index contributed by atoms with van der Waals surface area (Å²) in [6, 6.07) is 13.2. The predicted molar refractivity (Wildman–Crippen MR) is 111 cm³/mol. The number of anilines is 1. The molecule has 0 heterocycles. The van der Waals surface area contributed by atoms with Crippen molar-refractivity contribution in [1.29, 1.82) is 0 Å². The number of hydrogen-bond donors (Lipinski definition) is 1. The first-order valence-corrected chi connectivity index (χ1v) is 11.0. The van der Waals surface area contributed by atoms with Crippen LogP contribution in [-0.2, 0) is 14.8 Å². The van der Waals surface area contributed by atoms with Gasteiger partial charge in [-0.15, -0.1) is 0 Å². The first-order valence-electron chi connectivity index (χ1n) is 9.55. The fourth-order valence-electron chi connectivity index (χ4n) is 3.24. The molecule has 2 aromatic carbocycles. The number of carbonyl (C=O) groups excluding carboxylic acids is 1. The summed E-state index contributed by atoms with van der Waals surface area (Å²) in [5.74, 6) is 0.916. The molecule has 0 spiro atoms. The van der Waals surface area contributed by atoms with Gasteiger partial charge in [-0.05, 0) is 61.4 Å². The lowest BCUT2D eigenvalue weighted by molar-refractivity contribution is -0.120. The van der Waals surface area contributed by atoms with E-state index in [2.05, 4.69) is 4.72 Å². The molecule has 0 unspecified atom stereocenters. The fraction of sp³-hybridized carbons (Fsp3) is 0.381. The summed E-state index contributed by atoms with van der Waals surface area (Å²) in [4.78, 5) is 14.0. The standard InChI is InChI=1S/C21H26N2O5S/c1-23(17-7-9-18(27-2)10-8-17)21(24)15-28-19-11-13-20(14-12-19)29(25,26)22-16-5-3-4-6-16/h7-14,16,22H,3-6,15H2,1-2H3. The summed E-state index contributed by atoms with van der Waals surface area (Å²) in [5, 5.41) is 0. The van der Waals surface area contributed by atoms with Gasteiger partial charge in [-0.2, -0.15) is 0 Å². The summed E-state index contributed by atoms with van der Waals surface area (Å²) in [6.07, 6.45) is 3.87. The first kappa shape index (κ1) is 21.1. The van der Waals surface area contributed by atoms with Gasteiger partial charge in [-0.1, -0.05) is 12.8 Å². The van der Waals surface area contributed by atoms with Crippen molar-refractivity contribution in [2.45, 2.75) is 36.6 Å². The van der Waals surface area contributed by atoms with Crippen LogP contribution in [0.5, 0.6) is 11.5 Å². The molecule has 1 aliphatic carbocycles. The monoisotopic (exact) mass is 418 g/mol. The Morgan fingerprint density at radius 3 is 2.21 bits per heavy atom. The molecule has 1 aliphatic rings. The first-order chi connectivity index (χ1) is 13.9. The number of hydrogen-bond acceptors (Lipinski definition) is 5. The van der Waals surface area contributed by atoms with Gasteiger partial charge in [0.15, 0.2) is 6.61 Å². The lowest BCUT2D eigenvalue weighted by Gasteiger charge is -2.18. The highest BCUT2D eigenvalue weighted by Gasteiger charge is 2.22. The van der Waals surface area contributed by atoms with Crippen LogP contribution in [0.25, 0.3) is 0 Å². The van der Waals surface area contributed by atoms with E-state index < -0.39 is 10.0 Å². The van der Waals surface area contributed by atoms with E-state index in [4.69, 9.17) is 9.47 Å². The van der Waals surface area contributed by atoms with Gasteiger partial charge < -0.3 is 14.4 Å². The average Bonchev–Trinajstić information content (AvgIpc) is 3.24. The Morgan fingerprint density at radius 1 is 1.03 bits per heavy atom. The van der Waals surface area contributed by atoms with Crippen molar-refractivity contribution in [3.05, 3.63) is 48.5 Å². The predicted octanol–water partition coefficient (Wildman–Crippen LogP) is 2.96. The van der Waals surface area contributed by atoms with Crippen molar-refractivity contribution in [3.8, 4) is 11.5 Å². The van der Waals surface area contributed by atoms with E-state index in [0.29, 0.717) is 11.5 Å². The normalized spacial score (nSPS) is 14.6. The summed E-state index contributed by atoms with van der Waals surface area (Å²) < 4.78 is 38.3. The minimum absolute atomic E-state index is 0.0158. The number of rotatable bonds is 8. The zero-order valence-electron chi connectivity index (χ0n) is 16.6. The maximum atomic E-state index is 12.4. The molecular weight excluding hydrogens is 392 g/mol. The highest BCUT2D eigenvalue weighted by Crippen LogP contribution is 2.22. The number of sulfonamides is 1. The van der Waals surface area contributed by atoms with Crippen LogP contribution >= 0.6 is 0 Å². The van der Waals surface area contributed by atoms with E-state index in [9.17, 15) is 13.2 Å². The van der Waals surface area contributed by atoms with Gasteiger partial charge in [0.2, 0.25) is 10.0 Å². The van der Waals surface area contributed by atoms with E-state index in [1.54, 1.807) is 50.6 Å². The quantitative estimate of drug-likeness (QED) is 0.712. The van der Waals surface area contributed by atoms with Gasteiger partial charge in [-0.25, -0.2) is 13.1 Å². The average molecular weight is 419 g/mol. The van der Waals surface area contributed by atoms with Crippen molar-refractivity contribution in [2.75, 3.05) is 25.7 Å². The third-order valence-electron chi connectivity index (χ3n) is 5.01. The summed E-state index contributed by atoms with van der Waals surface area (Å²) >= 11 is 0. The van der Waals surface area contributed by atoms with Crippen LogP contribution in [0.2, 0.25) is 0 Å². The largest absolute Gasteiger partial charge is 0.497 e. The number of ether oxygens (including phenoxy) is 2. The molecule has 156 valence electrons. The molecule has 0 saturated heterocycles. The molecule has 29 heavy (non-hydrogen) atoms. The van der Waals surface area contributed by atoms with Crippen LogP contribution in [-0.4, -0.2) is 41.1 Å². The Kier molecular flexibility index (Phi) is 6.76. The fourth-order valence-corrected chi connectivity index (χ4v) is 4.54. The van der Waals surface area contributed by atoms with Gasteiger partial charge >= 0.3 is 0 Å². The van der Waals surface area contributed by atoms with Crippen LogP contribution in [0.1, 0.15) is 25.7 Å². The van der Waals surface area contributed by atoms with E-state index in [0.717, 1.165) is 31.4 Å². The number of carbonyl (C=O) groups is 1. The molecule has 3 rings (SSSR count). The molecule has 0 radical (unpaired) electrons. The molecule has 7 nitrogen and oxygen atoms in total. The molecule has 2 aromatic rings. The maximum absolute atomic E-state index is 12.4. The lowest BCUT2D eigenvalue weighted by atomic mass is 10.3. The maximum Gasteiger partial charge on any atom is 0.264 e. The van der Waals surface area contributed by atoms with Crippen molar-refractivity contribution >= 4 is 21.6 Å². The van der Waals surface area contributed by atoms with Crippen molar-refractivity contribution in [3.63, 3.8) is 0 Å². The summed E-state index contributed by atoms with van der Waals surface area (Å²) in [6.45, 7) is -0.158. The highest BCUT2D eigenvalue weighted by atomic mass is 32.2. The Balaban J connectivity index is 1.55. The molecule has 1 saturated carbocycles. The number of amides is 1. The van der Waals surface area contributed by atoms with Gasteiger partial charge in [-0.3, -0.25) is 4.79 Å². The van der Waals surface area contributed by atoms with Gasteiger partial charge in [0.1, 0.15) is 11.5 Å². The van der Waals surface area contributed by atoms with E-state index in [-0.39, 0.29) is 23.5 Å². The molecule has 0 aromatic heterocycles. The molecule has 0 aliphatic heterocycles. The number of methoxy groups -OCH3 is 1. The minimum Gasteiger partial charge on any atom is -0.497 e. The second-order valence-corrected chi connectivity index (χ2v) is 8.73. The van der Waals surface area contributed by atoms with Crippen LogP contribution in [0.15, 0.2) is 53.4 Å². The van der Waals surface area contributed by atoms with Gasteiger partial charge in [0, 0.05) is 18.8 Å². The topological polar surface area (TPSA) is 84.9 Å². The zero-order valence-corrected chi connectivity index (χ0v) is 17.4. The van der Waals surface area contributed by atoms with Crippen molar-refractivity contribution in [2.24, 2.45) is 0 Å². The minimum atomic E-state index is -3.54. The van der Waals surface area contributed by atoms with Crippen LogP contribution in [0.3, 0.4) is 0 Å². The Morgan fingerprint density at radius 2 is 1.62 bits per heavy atom. The number of likely N-dealkylation sites (N-methyl/N-ethyl adjacent to an activating group) is 1. The number of nitrogens with one attached hydrogen (secondary N) is 1. The van der Waals surface area contributed by atoms with Crippen LogP contribution in [0.4, 0.5) is 5.69 Å². The van der Waals surface area contributed by atoms with Crippen LogP contribution in [0, 0.1) is 0 Å². The van der Waals surface area contributed by atoms with E-state index in [1.165, 1.54) is 17.0 Å². The molecule has 1 fully saturated rings. The summed E-state index contributed by atoms with van der Waals surface area (Å²) in [7, 11) is -0.291. The summed E-state index contributed by atoms with van der Waals surface area (Å²) in [5.41, 5.74) is 0.721. The molecule has 0 bridgehead atoms. The second-order valence-electron chi connectivity index (χ2n) is 7.01. The second kappa shape index (κ2) is 9.28.